The number of aryl methyl sites for hydroxylation is 2. The number of hydrogen-bond acceptors (Lipinski definition) is 8. The molecule has 0 saturated carbocycles. The van der Waals surface area contributed by atoms with E-state index in [-0.39, 0.29) is 61.9 Å². The number of alkyl halides is 1. The molecule has 14 heteroatoms. The third kappa shape index (κ3) is 10.1. The van der Waals surface area contributed by atoms with Crippen LogP contribution in [0.1, 0.15) is 58.3 Å². The van der Waals surface area contributed by atoms with Gasteiger partial charge in [-0.05, 0) is 110 Å². The molecule has 0 unspecified atom stereocenters. The number of carbonyl (C=O) groups excluding carboxylic acids is 4. The fourth-order valence-corrected chi connectivity index (χ4v) is 14.6. The van der Waals surface area contributed by atoms with Crippen LogP contribution >= 0.6 is 18.9 Å². The summed E-state index contributed by atoms with van der Waals surface area (Å²) >= 11 is 6.09. The van der Waals surface area contributed by atoms with Gasteiger partial charge in [0.1, 0.15) is 46.4 Å². The molecular formula is C56H55ClN6O6P+. The Bertz CT molecular complexity index is 2940. The molecule has 0 bridgehead atoms. The number of rotatable bonds is 15. The molecule has 3 aliphatic heterocycles. The first-order valence-corrected chi connectivity index (χ1v) is 26.5. The van der Waals surface area contributed by atoms with E-state index >= 15 is 0 Å². The SMILES string of the molecule is N#CC(=Cc1cc2cc3c4c(c2oc1=O)CCCN4CCC3)C(=O)N1CCN(C(=O)CC[C@H](NC(=O)c2cccc(CCl)c2)C(=O)NCC[P+](c2ccccc2)(c2ccccc2)c2ccccc2)CC1. The lowest BCUT2D eigenvalue weighted by molar-refractivity contribution is -0.137. The third-order valence-corrected chi connectivity index (χ3v) is 18.5. The van der Waals surface area contributed by atoms with E-state index in [9.17, 15) is 29.2 Å². The molecule has 3 aliphatic rings. The lowest BCUT2D eigenvalue weighted by atomic mass is 9.90. The zero-order chi connectivity index (χ0) is 48.6. The third-order valence-electron chi connectivity index (χ3n) is 13.8. The average molecular weight is 975 g/mol. The Kier molecular flexibility index (Phi) is 14.9. The monoisotopic (exact) mass is 973 g/mol. The van der Waals surface area contributed by atoms with Crippen LogP contribution in [0.3, 0.4) is 0 Å². The zero-order valence-electron chi connectivity index (χ0n) is 38.9. The molecule has 0 radical (unpaired) electrons. The maximum absolute atomic E-state index is 14.3. The Morgan fingerprint density at radius 3 is 2.03 bits per heavy atom. The highest BCUT2D eigenvalue weighted by atomic mass is 35.5. The number of nitrogens with zero attached hydrogens (tertiary/aromatic N) is 4. The second-order valence-electron chi connectivity index (χ2n) is 18.0. The maximum atomic E-state index is 14.3. The van der Waals surface area contributed by atoms with E-state index in [4.69, 9.17) is 16.0 Å². The van der Waals surface area contributed by atoms with Crippen molar-refractivity contribution in [3.63, 3.8) is 0 Å². The Balaban J connectivity index is 0.872. The molecule has 4 heterocycles. The number of nitrogens with one attached hydrogen (secondary N) is 2. The number of carbonyl (C=O) groups is 4. The van der Waals surface area contributed by atoms with Crippen molar-refractivity contribution in [1.82, 2.24) is 20.4 Å². The summed E-state index contributed by atoms with van der Waals surface area (Å²) in [6.45, 7) is 3.00. The quantitative estimate of drug-likeness (QED) is 0.0389. The van der Waals surface area contributed by atoms with E-state index in [1.54, 1.807) is 29.2 Å². The lowest BCUT2D eigenvalue weighted by Gasteiger charge is -2.37. The van der Waals surface area contributed by atoms with Gasteiger partial charge in [-0.2, -0.15) is 5.26 Å². The van der Waals surface area contributed by atoms with Gasteiger partial charge in [0.25, 0.3) is 11.8 Å². The molecule has 1 aromatic heterocycles. The van der Waals surface area contributed by atoms with Crippen molar-refractivity contribution >= 4 is 81.1 Å². The van der Waals surface area contributed by atoms with Crippen LogP contribution in [-0.4, -0.2) is 91.4 Å². The number of amides is 4. The molecule has 356 valence electrons. The van der Waals surface area contributed by atoms with Gasteiger partial charge >= 0.3 is 5.63 Å². The van der Waals surface area contributed by atoms with Gasteiger partial charge in [-0.15, -0.1) is 11.6 Å². The molecule has 0 aliphatic carbocycles. The van der Waals surface area contributed by atoms with E-state index in [2.05, 4.69) is 58.0 Å². The van der Waals surface area contributed by atoms with E-state index in [1.807, 2.05) is 66.7 Å². The van der Waals surface area contributed by atoms with Gasteiger partial charge in [0.05, 0.1) is 18.3 Å². The fraction of sp³-hybridized carbons (Fsp3) is 0.286. The van der Waals surface area contributed by atoms with Crippen molar-refractivity contribution < 1.29 is 23.6 Å². The number of piperazine rings is 1. The summed E-state index contributed by atoms with van der Waals surface area (Å²) in [6.07, 6.45) is 5.69. The predicted octanol–water partition coefficient (Wildman–Crippen LogP) is 6.50. The predicted molar refractivity (Wildman–Crippen MR) is 278 cm³/mol. The van der Waals surface area contributed by atoms with Gasteiger partial charge in [-0.3, -0.25) is 19.2 Å². The first-order chi connectivity index (χ1) is 34.2. The largest absolute Gasteiger partial charge is 0.422 e. The van der Waals surface area contributed by atoms with Crippen molar-refractivity contribution in [2.24, 2.45) is 0 Å². The number of halogens is 1. The van der Waals surface area contributed by atoms with Crippen molar-refractivity contribution in [2.45, 2.75) is 50.4 Å². The van der Waals surface area contributed by atoms with Gasteiger partial charge in [-0.1, -0.05) is 66.7 Å². The van der Waals surface area contributed by atoms with Crippen LogP contribution in [0.4, 0.5) is 5.69 Å². The number of anilines is 1. The van der Waals surface area contributed by atoms with Crippen LogP contribution in [-0.2, 0) is 33.1 Å². The first-order valence-electron chi connectivity index (χ1n) is 24.0. The number of hydrogen-bond donors (Lipinski definition) is 2. The van der Waals surface area contributed by atoms with Gasteiger partial charge in [0.2, 0.25) is 11.8 Å². The summed E-state index contributed by atoms with van der Waals surface area (Å²) in [5.74, 6) is -1.44. The summed E-state index contributed by atoms with van der Waals surface area (Å²) in [5, 5.41) is 20.5. The second kappa shape index (κ2) is 21.7. The molecule has 0 spiro atoms. The molecule has 70 heavy (non-hydrogen) atoms. The van der Waals surface area contributed by atoms with E-state index in [1.165, 1.54) is 38.1 Å². The van der Waals surface area contributed by atoms with Crippen LogP contribution in [0.5, 0.6) is 0 Å². The van der Waals surface area contributed by atoms with Crippen LogP contribution in [0.15, 0.2) is 142 Å². The Morgan fingerprint density at radius 2 is 1.40 bits per heavy atom. The molecule has 4 amide bonds. The van der Waals surface area contributed by atoms with Crippen molar-refractivity contribution in [3.05, 3.63) is 171 Å². The van der Waals surface area contributed by atoms with Crippen molar-refractivity contribution in [2.75, 3.05) is 56.9 Å². The average Bonchev–Trinajstić information content (AvgIpc) is 3.41. The zero-order valence-corrected chi connectivity index (χ0v) is 40.6. The summed E-state index contributed by atoms with van der Waals surface area (Å²) in [5.41, 5.74) is 4.44. The van der Waals surface area contributed by atoms with Crippen LogP contribution in [0.25, 0.3) is 17.0 Å². The summed E-state index contributed by atoms with van der Waals surface area (Å²) < 4.78 is 5.91. The number of fused-ring (bicyclic) bond motifs is 2. The van der Waals surface area contributed by atoms with Crippen LogP contribution in [0, 0.1) is 11.3 Å². The second-order valence-corrected chi connectivity index (χ2v) is 21.9. The standard InChI is InChI=1S/C56H54ClN6O6P/c57-37-39-13-10-14-41(33-39)53(65)60-49(54(66)59-25-32-70(45-16-4-1-5-17-45,46-18-6-2-7-19-46)47-20-8-3-9-21-47)23-24-50(64)61-28-30-63(31-29-61)55(67)44(38-58)36-43-35-42-34-40-15-11-26-62-27-12-22-48(51(40)62)52(42)69-56(43)68/h1-10,13-14,16-21,33-36,49H,11-12,15,22-32,37H2,(H-,59,60,65,66)/p+1/t49-/m0/s1. The minimum Gasteiger partial charge on any atom is -0.422 e. The number of benzene rings is 5. The highest BCUT2D eigenvalue weighted by Crippen LogP contribution is 2.54. The van der Waals surface area contributed by atoms with Crippen molar-refractivity contribution in [1.29, 1.82) is 5.26 Å². The van der Waals surface area contributed by atoms with Crippen LogP contribution < -0.4 is 37.1 Å². The summed E-state index contributed by atoms with van der Waals surface area (Å²) in [4.78, 5) is 74.5. The molecule has 1 fully saturated rings. The van der Waals surface area contributed by atoms with Crippen LogP contribution in [0.2, 0.25) is 0 Å². The highest BCUT2D eigenvalue weighted by molar-refractivity contribution is 7.95. The highest BCUT2D eigenvalue weighted by Gasteiger charge is 2.45. The lowest BCUT2D eigenvalue weighted by Crippen LogP contribution is -2.52. The maximum Gasteiger partial charge on any atom is 0.343 e. The molecule has 6 aromatic rings. The smallest absolute Gasteiger partial charge is 0.343 e. The Labute approximate surface area is 413 Å². The molecule has 1 atom stereocenters. The topological polar surface area (TPSA) is 156 Å². The molecule has 5 aromatic carbocycles. The minimum absolute atomic E-state index is 0.0271. The van der Waals surface area contributed by atoms with Crippen molar-refractivity contribution in [3.8, 4) is 6.07 Å². The fourth-order valence-electron chi connectivity index (χ4n) is 10.3. The molecule has 2 N–H and O–H groups in total. The molecular weight excluding hydrogens is 919 g/mol. The molecule has 9 rings (SSSR count). The van der Waals surface area contributed by atoms with Gasteiger partial charge in [0.15, 0.2) is 0 Å². The Morgan fingerprint density at radius 1 is 0.771 bits per heavy atom. The minimum atomic E-state index is -2.27. The Hall–Kier alpha value is -7.06. The normalized spacial score (nSPS) is 15.1. The van der Waals surface area contributed by atoms with E-state index in [0.29, 0.717) is 23.9 Å². The summed E-state index contributed by atoms with van der Waals surface area (Å²) in [7, 11) is -2.27. The van der Waals surface area contributed by atoms with E-state index in [0.717, 1.165) is 55.3 Å². The van der Waals surface area contributed by atoms with Gasteiger partial charge < -0.3 is 29.8 Å². The summed E-state index contributed by atoms with van der Waals surface area (Å²) in [6, 6.07) is 42.7. The molecule has 1 saturated heterocycles. The first kappa shape index (κ1) is 48.0. The van der Waals surface area contributed by atoms with E-state index < -0.39 is 36.7 Å². The number of nitriles is 1. The molecule has 12 nitrogen and oxygen atoms in total. The van der Waals surface area contributed by atoms with Gasteiger partial charge in [0, 0.05) is 73.8 Å². The van der Waals surface area contributed by atoms with Gasteiger partial charge in [-0.25, -0.2) is 4.79 Å².